The van der Waals surface area contributed by atoms with Gasteiger partial charge in [-0.05, 0) is 17.5 Å². The highest BCUT2D eigenvalue weighted by atomic mass is 32.1. The molecular weight excluding hydrogens is 224 g/mol. The van der Waals surface area contributed by atoms with Gasteiger partial charge in [0.05, 0.1) is 17.4 Å². The lowest BCUT2D eigenvalue weighted by atomic mass is 10.1. The van der Waals surface area contributed by atoms with Gasteiger partial charge in [0.2, 0.25) is 5.91 Å². The summed E-state index contributed by atoms with van der Waals surface area (Å²) in [5.41, 5.74) is 6.63. The minimum atomic E-state index is -0.567. The number of carbonyl (C=O) groups excluding carboxylic acids is 1. The van der Waals surface area contributed by atoms with Crippen LogP contribution >= 0.6 is 11.3 Å². The van der Waals surface area contributed by atoms with Crippen LogP contribution in [-0.4, -0.2) is 21.9 Å². The first kappa shape index (κ1) is 10.8. The number of anilines is 1. The maximum atomic E-state index is 11.7. The molecule has 0 unspecified atom stereocenters. The van der Waals surface area contributed by atoms with Gasteiger partial charge in [-0.25, -0.2) is 4.98 Å². The third-order valence-electron chi connectivity index (χ3n) is 2.10. The van der Waals surface area contributed by atoms with E-state index in [1.165, 1.54) is 11.3 Å². The van der Waals surface area contributed by atoms with Crippen LogP contribution in [0.5, 0.6) is 0 Å². The fourth-order valence-electron chi connectivity index (χ4n) is 1.29. The Balaban J connectivity index is 1.90. The first-order valence-corrected chi connectivity index (χ1v) is 5.71. The molecule has 2 aromatic rings. The zero-order valence-electron chi connectivity index (χ0n) is 8.51. The molecule has 2 heterocycles. The molecule has 16 heavy (non-hydrogen) atoms. The van der Waals surface area contributed by atoms with Gasteiger partial charge in [0, 0.05) is 18.3 Å². The van der Waals surface area contributed by atoms with E-state index in [9.17, 15) is 4.79 Å². The van der Waals surface area contributed by atoms with Crippen molar-refractivity contribution in [1.29, 1.82) is 0 Å². The van der Waals surface area contributed by atoms with E-state index >= 15 is 0 Å². The Hall–Kier alpha value is -1.66. The van der Waals surface area contributed by atoms with Crippen LogP contribution in [0.15, 0.2) is 30.0 Å². The summed E-state index contributed by atoms with van der Waals surface area (Å²) in [7, 11) is 0. The smallest absolute Gasteiger partial charge is 0.242 e. The van der Waals surface area contributed by atoms with Crippen molar-refractivity contribution in [2.45, 2.75) is 12.5 Å². The number of nitrogens with two attached hydrogens (primary N) is 1. The first-order valence-electron chi connectivity index (χ1n) is 4.83. The summed E-state index contributed by atoms with van der Waals surface area (Å²) in [6, 6.07) is 3.15. The number of nitrogens with zero attached hydrogens (tertiary/aromatic N) is 1. The zero-order valence-corrected chi connectivity index (χ0v) is 9.33. The Morgan fingerprint density at radius 3 is 3.19 bits per heavy atom. The van der Waals surface area contributed by atoms with Crippen LogP contribution in [0, 0.1) is 0 Å². The Morgan fingerprint density at radius 1 is 1.69 bits per heavy atom. The predicted molar refractivity (Wildman–Crippen MR) is 63.2 cm³/mol. The van der Waals surface area contributed by atoms with E-state index in [0.717, 1.165) is 10.7 Å². The van der Waals surface area contributed by atoms with E-state index in [4.69, 9.17) is 5.73 Å². The quantitative estimate of drug-likeness (QED) is 0.740. The third-order valence-corrected chi connectivity index (χ3v) is 2.88. The highest BCUT2D eigenvalue weighted by Crippen LogP contribution is 2.15. The largest absolute Gasteiger partial charge is 0.348 e. The molecule has 0 aliphatic rings. The Labute approximate surface area is 96.7 Å². The number of aromatic amines is 1. The molecule has 6 heteroatoms. The molecule has 84 valence electrons. The number of hydrogen-bond acceptors (Lipinski definition) is 4. The molecular formula is C10H12N4OS. The molecule has 0 aliphatic carbocycles. The van der Waals surface area contributed by atoms with Gasteiger partial charge >= 0.3 is 0 Å². The van der Waals surface area contributed by atoms with Crippen LogP contribution in [-0.2, 0) is 11.2 Å². The maximum Gasteiger partial charge on any atom is 0.242 e. The predicted octanol–water partition coefficient (Wildman–Crippen LogP) is 0.980. The van der Waals surface area contributed by atoms with Crippen molar-refractivity contribution in [1.82, 2.24) is 9.97 Å². The Kier molecular flexibility index (Phi) is 3.33. The van der Waals surface area contributed by atoms with Crippen molar-refractivity contribution in [2.75, 3.05) is 5.32 Å². The molecule has 0 saturated carbocycles. The van der Waals surface area contributed by atoms with Gasteiger partial charge in [-0.1, -0.05) is 0 Å². The number of carbonyl (C=O) groups is 1. The molecule has 0 bridgehead atoms. The fourth-order valence-corrected chi connectivity index (χ4v) is 1.91. The monoisotopic (exact) mass is 236 g/mol. The van der Waals surface area contributed by atoms with Crippen molar-refractivity contribution in [3.63, 3.8) is 0 Å². The number of H-pyrrole nitrogens is 1. The summed E-state index contributed by atoms with van der Waals surface area (Å²) in [4.78, 5) is 18.5. The van der Waals surface area contributed by atoms with Gasteiger partial charge in [-0.2, -0.15) is 0 Å². The van der Waals surface area contributed by atoms with Gasteiger partial charge in [-0.3, -0.25) is 4.79 Å². The van der Waals surface area contributed by atoms with Gasteiger partial charge in [0.15, 0.2) is 0 Å². The second kappa shape index (κ2) is 4.91. The van der Waals surface area contributed by atoms with E-state index in [1.807, 2.05) is 17.5 Å². The van der Waals surface area contributed by atoms with Crippen LogP contribution in [0.3, 0.4) is 0 Å². The van der Waals surface area contributed by atoms with Gasteiger partial charge in [-0.15, -0.1) is 11.3 Å². The van der Waals surface area contributed by atoms with Crippen LogP contribution in [0.1, 0.15) is 5.69 Å². The molecule has 1 amide bonds. The van der Waals surface area contributed by atoms with Crippen molar-refractivity contribution in [3.05, 3.63) is 35.7 Å². The number of thiophene rings is 1. The lowest BCUT2D eigenvalue weighted by Gasteiger charge is -2.09. The zero-order chi connectivity index (χ0) is 11.4. The third kappa shape index (κ3) is 2.68. The molecule has 0 saturated heterocycles. The minimum absolute atomic E-state index is 0.183. The molecule has 0 fully saturated rings. The van der Waals surface area contributed by atoms with Crippen LogP contribution in [0.25, 0.3) is 0 Å². The molecule has 5 nitrogen and oxygen atoms in total. The standard InChI is InChI=1S/C10H12N4OS/c11-8(4-7-5-12-6-13-7)10(15)14-9-2-1-3-16-9/h1-3,5-6,8H,4,11H2,(H,12,13)(H,14,15)/t8-/m0/s1. The molecule has 0 radical (unpaired) electrons. The molecule has 2 aromatic heterocycles. The summed E-state index contributed by atoms with van der Waals surface area (Å²) in [6.07, 6.45) is 3.69. The summed E-state index contributed by atoms with van der Waals surface area (Å²) in [5.74, 6) is -0.183. The lowest BCUT2D eigenvalue weighted by Crippen LogP contribution is -2.37. The molecule has 2 rings (SSSR count). The van der Waals surface area contributed by atoms with Crippen LogP contribution in [0.4, 0.5) is 5.00 Å². The number of nitrogens with one attached hydrogen (secondary N) is 2. The summed E-state index contributed by atoms with van der Waals surface area (Å²) < 4.78 is 0. The number of rotatable bonds is 4. The Bertz CT molecular complexity index is 437. The lowest BCUT2D eigenvalue weighted by molar-refractivity contribution is -0.117. The minimum Gasteiger partial charge on any atom is -0.348 e. The molecule has 4 N–H and O–H groups in total. The normalized spacial score (nSPS) is 12.3. The van der Waals surface area contributed by atoms with Crippen LogP contribution in [0.2, 0.25) is 0 Å². The van der Waals surface area contributed by atoms with E-state index in [-0.39, 0.29) is 5.91 Å². The summed E-state index contributed by atoms with van der Waals surface area (Å²) in [6.45, 7) is 0. The van der Waals surface area contributed by atoms with Gasteiger partial charge < -0.3 is 16.0 Å². The van der Waals surface area contributed by atoms with E-state index in [2.05, 4.69) is 15.3 Å². The van der Waals surface area contributed by atoms with E-state index in [0.29, 0.717) is 6.42 Å². The number of hydrogen-bond donors (Lipinski definition) is 3. The maximum absolute atomic E-state index is 11.7. The van der Waals surface area contributed by atoms with Crippen molar-refractivity contribution >= 4 is 22.2 Å². The number of imidazole rings is 1. The van der Waals surface area contributed by atoms with E-state index in [1.54, 1.807) is 12.5 Å². The average molecular weight is 236 g/mol. The van der Waals surface area contributed by atoms with Gasteiger partial charge in [0.1, 0.15) is 0 Å². The second-order valence-electron chi connectivity index (χ2n) is 3.35. The average Bonchev–Trinajstić information content (AvgIpc) is 2.90. The first-order chi connectivity index (χ1) is 7.75. The molecule has 0 spiro atoms. The van der Waals surface area contributed by atoms with E-state index < -0.39 is 6.04 Å². The summed E-state index contributed by atoms with van der Waals surface area (Å²) >= 11 is 1.47. The number of amides is 1. The van der Waals surface area contributed by atoms with Crippen molar-refractivity contribution in [3.8, 4) is 0 Å². The van der Waals surface area contributed by atoms with Gasteiger partial charge in [0.25, 0.3) is 0 Å². The Morgan fingerprint density at radius 2 is 2.56 bits per heavy atom. The molecule has 0 aromatic carbocycles. The fraction of sp³-hybridized carbons (Fsp3) is 0.200. The molecule has 1 atom stereocenters. The topological polar surface area (TPSA) is 83.8 Å². The SMILES string of the molecule is N[C@@H](Cc1cnc[nH]1)C(=O)Nc1cccs1. The highest BCUT2D eigenvalue weighted by molar-refractivity contribution is 7.14. The van der Waals surface area contributed by atoms with Crippen molar-refractivity contribution < 1.29 is 4.79 Å². The summed E-state index contributed by atoms with van der Waals surface area (Å²) in [5, 5.41) is 5.46. The second-order valence-corrected chi connectivity index (χ2v) is 4.30. The number of aromatic nitrogens is 2. The highest BCUT2D eigenvalue weighted by Gasteiger charge is 2.15. The molecule has 0 aliphatic heterocycles. The van der Waals surface area contributed by atoms with Crippen molar-refractivity contribution in [2.24, 2.45) is 5.73 Å². The van der Waals surface area contributed by atoms with Crippen LogP contribution < -0.4 is 11.1 Å².